The summed E-state index contributed by atoms with van der Waals surface area (Å²) in [6.07, 6.45) is 0.474. The van der Waals surface area contributed by atoms with E-state index in [1.165, 1.54) is 0 Å². The highest BCUT2D eigenvalue weighted by molar-refractivity contribution is 9.10. The van der Waals surface area contributed by atoms with E-state index in [-0.39, 0.29) is 0 Å². The lowest BCUT2D eigenvalue weighted by molar-refractivity contribution is 1.25. The van der Waals surface area contributed by atoms with Crippen LogP contribution in [-0.2, 0) is 6.42 Å². The first kappa shape index (κ1) is 7.30. The van der Waals surface area contributed by atoms with E-state index in [2.05, 4.69) is 22.0 Å². The van der Waals surface area contributed by atoms with Crippen LogP contribution in [0.25, 0.3) is 0 Å². The number of nitrogens with zero attached hydrogens (tertiary/aromatic N) is 1. The van der Waals surface area contributed by atoms with Crippen LogP contribution in [0.1, 0.15) is 5.56 Å². The molecule has 0 aromatic heterocycles. The molecule has 0 aliphatic heterocycles. The molecule has 1 nitrogen and oxygen atoms in total. The SMILES string of the molecule is N#CCc1ccccc1Br. The number of halogens is 1. The van der Waals surface area contributed by atoms with E-state index < -0.39 is 0 Å². The summed E-state index contributed by atoms with van der Waals surface area (Å²) in [6, 6.07) is 9.83. The van der Waals surface area contributed by atoms with Gasteiger partial charge in [0.1, 0.15) is 0 Å². The van der Waals surface area contributed by atoms with Crippen LogP contribution in [-0.4, -0.2) is 0 Å². The van der Waals surface area contributed by atoms with Gasteiger partial charge in [-0.1, -0.05) is 34.1 Å². The van der Waals surface area contributed by atoms with Gasteiger partial charge in [-0.3, -0.25) is 0 Å². The molecule has 0 amide bonds. The predicted molar refractivity (Wildman–Crippen MR) is 43.5 cm³/mol. The molecule has 50 valence electrons. The topological polar surface area (TPSA) is 23.8 Å². The van der Waals surface area contributed by atoms with Gasteiger partial charge >= 0.3 is 0 Å². The van der Waals surface area contributed by atoms with Crippen LogP contribution < -0.4 is 0 Å². The molecule has 1 aromatic rings. The molecule has 0 fully saturated rings. The standard InChI is InChI=1S/C8H6BrN/c9-8-4-2-1-3-7(8)5-6-10/h1-4H,5H2. The molecular formula is C8H6BrN. The second kappa shape index (κ2) is 3.38. The maximum absolute atomic E-state index is 8.37. The molecule has 0 spiro atoms. The van der Waals surface area contributed by atoms with Gasteiger partial charge in [-0.2, -0.15) is 5.26 Å². The molecule has 0 atom stereocenters. The first-order valence-electron chi connectivity index (χ1n) is 2.95. The minimum atomic E-state index is 0.474. The smallest absolute Gasteiger partial charge is 0.0670 e. The van der Waals surface area contributed by atoms with Gasteiger partial charge in [0.15, 0.2) is 0 Å². The molecule has 1 aromatic carbocycles. The Morgan fingerprint density at radius 2 is 2.10 bits per heavy atom. The van der Waals surface area contributed by atoms with Crippen LogP contribution in [0.15, 0.2) is 28.7 Å². The normalized spacial score (nSPS) is 8.80. The summed E-state index contributed by atoms with van der Waals surface area (Å²) >= 11 is 3.35. The zero-order valence-electron chi connectivity index (χ0n) is 5.34. The van der Waals surface area contributed by atoms with Crippen molar-refractivity contribution in [3.05, 3.63) is 34.3 Å². The zero-order valence-corrected chi connectivity index (χ0v) is 6.93. The van der Waals surface area contributed by atoms with Gasteiger partial charge in [-0.05, 0) is 11.6 Å². The van der Waals surface area contributed by atoms with E-state index in [4.69, 9.17) is 5.26 Å². The second-order valence-electron chi connectivity index (χ2n) is 1.93. The quantitative estimate of drug-likeness (QED) is 0.676. The lowest BCUT2D eigenvalue weighted by Crippen LogP contribution is -1.80. The lowest BCUT2D eigenvalue weighted by atomic mass is 10.2. The summed E-state index contributed by atoms with van der Waals surface area (Å²) in [5.74, 6) is 0. The van der Waals surface area contributed by atoms with Crippen LogP contribution >= 0.6 is 15.9 Å². The lowest BCUT2D eigenvalue weighted by Gasteiger charge is -1.95. The molecule has 10 heavy (non-hydrogen) atoms. The fourth-order valence-electron chi connectivity index (χ4n) is 0.727. The Morgan fingerprint density at radius 3 is 2.70 bits per heavy atom. The molecule has 0 N–H and O–H groups in total. The number of nitriles is 1. The molecule has 0 aliphatic rings. The largest absolute Gasteiger partial charge is 0.198 e. The fraction of sp³-hybridized carbons (Fsp3) is 0.125. The predicted octanol–water partition coefficient (Wildman–Crippen LogP) is 2.52. The van der Waals surface area contributed by atoms with E-state index in [0.29, 0.717) is 6.42 Å². The van der Waals surface area contributed by atoms with Crippen molar-refractivity contribution in [1.29, 1.82) is 5.26 Å². The Balaban J connectivity index is 2.94. The van der Waals surface area contributed by atoms with Gasteiger partial charge in [-0.15, -0.1) is 0 Å². The molecule has 0 unspecified atom stereocenters. The summed E-state index contributed by atoms with van der Waals surface area (Å²) in [5.41, 5.74) is 1.05. The molecular weight excluding hydrogens is 190 g/mol. The highest BCUT2D eigenvalue weighted by Crippen LogP contribution is 2.15. The second-order valence-corrected chi connectivity index (χ2v) is 2.78. The number of hydrogen-bond donors (Lipinski definition) is 0. The van der Waals surface area contributed by atoms with Gasteiger partial charge in [-0.25, -0.2) is 0 Å². The van der Waals surface area contributed by atoms with Crippen LogP contribution in [0.2, 0.25) is 0 Å². The van der Waals surface area contributed by atoms with Crippen molar-refractivity contribution < 1.29 is 0 Å². The number of benzene rings is 1. The van der Waals surface area contributed by atoms with Crippen molar-refractivity contribution in [1.82, 2.24) is 0 Å². The molecule has 0 aliphatic carbocycles. The molecule has 0 saturated heterocycles. The summed E-state index contributed by atoms with van der Waals surface area (Å²) in [6.45, 7) is 0. The Morgan fingerprint density at radius 1 is 1.40 bits per heavy atom. The Bertz CT molecular complexity index is 262. The molecule has 1 rings (SSSR count). The van der Waals surface area contributed by atoms with Gasteiger partial charge in [0.05, 0.1) is 12.5 Å². The van der Waals surface area contributed by atoms with Crippen LogP contribution in [0.5, 0.6) is 0 Å². The van der Waals surface area contributed by atoms with Crippen molar-refractivity contribution in [3.8, 4) is 6.07 Å². The van der Waals surface area contributed by atoms with Crippen molar-refractivity contribution in [2.45, 2.75) is 6.42 Å². The van der Waals surface area contributed by atoms with Gasteiger partial charge in [0.2, 0.25) is 0 Å². The summed E-state index contributed by atoms with van der Waals surface area (Å²) in [5, 5.41) is 8.37. The van der Waals surface area contributed by atoms with E-state index >= 15 is 0 Å². The zero-order chi connectivity index (χ0) is 7.40. The minimum absolute atomic E-state index is 0.474. The third kappa shape index (κ3) is 1.58. The molecule has 2 heteroatoms. The molecule has 0 saturated carbocycles. The molecule has 0 heterocycles. The number of rotatable bonds is 1. The first-order chi connectivity index (χ1) is 4.84. The first-order valence-corrected chi connectivity index (χ1v) is 3.74. The monoisotopic (exact) mass is 195 g/mol. The fourth-order valence-corrected chi connectivity index (χ4v) is 1.15. The van der Waals surface area contributed by atoms with Gasteiger partial charge < -0.3 is 0 Å². The van der Waals surface area contributed by atoms with Crippen LogP contribution in [0, 0.1) is 11.3 Å². The summed E-state index contributed by atoms with van der Waals surface area (Å²) < 4.78 is 1.01. The summed E-state index contributed by atoms with van der Waals surface area (Å²) in [4.78, 5) is 0. The van der Waals surface area contributed by atoms with E-state index in [9.17, 15) is 0 Å². The highest BCUT2D eigenvalue weighted by Gasteiger charge is 1.94. The van der Waals surface area contributed by atoms with Crippen molar-refractivity contribution >= 4 is 15.9 Å². The minimum Gasteiger partial charge on any atom is -0.198 e. The van der Waals surface area contributed by atoms with E-state index in [1.54, 1.807) is 0 Å². The maximum atomic E-state index is 8.37. The van der Waals surface area contributed by atoms with Crippen molar-refractivity contribution in [3.63, 3.8) is 0 Å². The van der Waals surface area contributed by atoms with Crippen molar-refractivity contribution in [2.75, 3.05) is 0 Å². The molecule has 0 radical (unpaired) electrons. The van der Waals surface area contributed by atoms with E-state index in [0.717, 1.165) is 10.0 Å². The van der Waals surface area contributed by atoms with E-state index in [1.807, 2.05) is 24.3 Å². The Hall–Kier alpha value is -0.810. The number of hydrogen-bond acceptors (Lipinski definition) is 1. The Labute approximate surface area is 68.4 Å². The van der Waals surface area contributed by atoms with Gasteiger partial charge in [0.25, 0.3) is 0 Å². The van der Waals surface area contributed by atoms with Gasteiger partial charge in [0, 0.05) is 4.47 Å². The maximum Gasteiger partial charge on any atom is 0.0670 e. The average Bonchev–Trinajstić information content (AvgIpc) is 1.94. The third-order valence-corrected chi connectivity index (χ3v) is 2.00. The summed E-state index contributed by atoms with van der Waals surface area (Å²) in [7, 11) is 0. The Kier molecular flexibility index (Phi) is 2.47. The van der Waals surface area contributed by atoms with Crippen LogP contribution in [0.4, 0.5) is 0 Å². The van der Waals surface area contributed by atoms with Crippen LogP contribution in [0.3, 0.4) is 0 Å². The average molecular weight is 196 g/mol. The third-order valence-electron chi connectivity index (χ3n) is 1.23. The van der Waals surface area contributed by atoms with Crippen molar-refractivity contribution in [2.24, 2.45) is 0 Å². The molecule has 0 bridgehead atoms. The highest BCUT2D eigenvalue weighted by atomic mass is 79.9.